The van der Waals surface area contributed by atoms with E-state index in [4.69, 9.17) is 0 Å². The molecule has 1 fully saturated rings. The molecular formula is C17H16N2O. The zero-order chi connectivity index (χ0) is 13.7. The van der Waals surface area contributed by atoms with Crippen molar-refractivity contribution >= 4 is 23.0 Å². The summed E-state index contributed by atoms with van der Waals surface area (Å²) in [6.45, 7) is 2.16. The number of hydrogen-bond donors (Lipinski definition) is 0. The summed E-state index contributed by atoms with van der Waals surface area (Å²) < 4.78 is 0. The third-order valence-corrected chi connectivity index (χ3v) is 4.40. The Morgan fingerprint density at radius 3 is 2.20 bits per heavy atom. The first-order valence-electron chi connectivity index (χ1n) is 6.99. The normalized spacial score (nSPS) is 23.9. The van der Waals surface area contributed by atoms with E-state index in [2.05, 4.69) is 30.0 Å². The third-order valence-electron chi connectivity index (χ3n) is 4.40. The van der Waals surface area contributed by atoms with Crippen LogP contribution in [0.3, 0.4) is 0 Å². The summed E-state index contributed by atoms with van der Waals surface area (Å²) in [6, 6.07) is 18.5. The van der Waals surface area contributed by atoms with Gasteiger partial charge in [0, 0.05) is 12.1 Å². The van der Waals surface area contributed by atoms with Crippen LogP contribution in [0, 0.1) is 0 Å². The maximum Gasteiger partial charge on any atom is 0.229 e. The van der Waals surface area contributed by atoms with Crippen LogP contribution >= 0.6 is 0 Å². The van der Waals surface area contributed by atoms with Crippen LogP contribution in [0.4, 0.5) is 17.1 Å². The van der Waals surface area contributed by atoms with E-state index in [1.165, 1.54) is 0 Å². The van der Waals surface area contributed by atoms with Gasteiger partial charge in [0.1, 0.15) is 5.66 Å². The zero-order valence-electron chi connectivity index (χ0n) is 11.4. The number of amides is 1. The van der Waals surface area contributed by atoms with Gasteiger partial charge in [-0.3, -0.25) is 9.69 Å². The minimum atomic E-state index is -0.276. The van der Waals surface area contributed by atoms with E-state index in [9.17, 15) is 4.79 Å². The van der Waals surface area contributed by atoms with Gasteiger partial charge in [0.15, 0.2) is 0 Å². The molecule has 1 atom stereocenters. The van der Waals surface area contributed by atoms with Crippen LogP contribution in [-0.4, -0.2) is 11.6 Å². The molecular weight excluding hydrogens is 248 g/mol. The van der Waals surface area contributed by atoms with Crippen molar-refractivity contribution in [3.05, 3.63) is 54.6 Å². The van der Waals surface area contributed by atoms with Crippen molar-refractivity contribution in [2.24, 2.45) is 0 Å². The monoisotopic (exact) mass is 264 g/mol. The second-order valence-electron chi connectivity index (χ2n) is 5.61. The fourth-order valence-electron chi connectivity index (χ4n) is 3.54. The van der Waals surface area contributed by atoms with Crippen LogP contribution < -0.4 is 9.80 Å². The lowest BCUT2D eigenvalue weighted by molar-refractivity contribution is -0.117. The third kappa shape index (κ3) is 1.32. The molecule has 0 spiro atoms. The van der Waals surface area contributed by atoms with E-state index in [0.717, 1.165) is 23.5 Å². The molecule has 100 valence electrons. The van der Waals surface area contributed by atoms with E-state index in [1.54, 1.807) is 0 Å². The summed E-state index contributed by atoms with van der Waals surface area (Å²) in [6.07, 6.45) is 1.48. The maximum absolute atomic E-state index is 12.3. The molecule has 0 bridgehead atoms. The molecule has 3 heteroatoms. The highest BCUT2D eigenvalue weighted by molar-refractivity contribution is 6.05. The average molecular weight is 264 g/mol. The Morgan fingerprint density at radius 1 is 0.900 bits per heavy atom. The van der Waals surface area contributed by atoms with Crippen molar-refractivity contribution in [3.8, 4) is 0 Å². The van der Waals surface area contributed by atoms with Crippen LogP contribution in [-0.2, 0) is 4.79 Å². The molecule has 2 aliphatic heterocycles. The predicted molar refractivity (Wildman–Crippen MR) is 80.1 cm³/mol. The lowest BCUT2D eigenvalue weighted by Crippen LogP contribution is -2.49. The molecule has 0 N–H and O–H groups in total. The Kier molecular flexibility index (Phi) is 2.22. The van der Waals surface area contributed by atoms with Crippen LogP contribution in [0.5, 0.6) is 0 Å². The molecule has 2 aliphatic rings. The fourth-order valence-corrected chi connectivity index (χ4v) is 3.54. The minimum absolute atomic E-state index is 0.221. The highest BCUT2D eigenvalue weighted by Crippen LogP contribution is 2.53. The molecule has 1 saturated heterocycles. The van der Waals surface area contributed by atoms with Gasteiger partial charge in [-0.1, -0.05) is 30.3 Å². The number of hydrogen-bond acceptors (Lipinski definition) is 2. The summed E-state index contributed by atoms with van der Waals surface area (Å²) >= 11 is 0. The Bertz CT molecular complexity index is 682. The van der Waals surface area contributed by atoms with E-state index in [0.29, 0.717) is 6.42 Å². The number of para-hydroxylation sites is 3. The molecule has 1 amide bonds. The standard InChI is InChI=1S/C17H16N2O/c1-17-12-11-16(20)19(17)15-10-6-5-9-14(15)18(17)13-7-3-2-4-8-13/h2-10H,11-12H2,1H3. The summed E-state index contributed by atoms with van der Waals surface area (Å²) in [7, 11) is 0. The highest BCUT2D eigenvalue weighted by atomic mass is 16.2. The van der Waals surface area contributed by atoms with Crippen LogP contribution in [0.1, 0.15) is 19.8 Å². The molecule has 2 aromatic carbocycles. The van der Waals surface area contributed by atoms with Gasteiger partial charge < -0.3 is 4.90 Å². The van der Waals surface area contributed by atoms with Crippen molar-refractivity contribution in [2.45, 2.75) is 25.4 Å². The fraction of sp³-hybridized carbons (Fsp3) is 0.235. The van der Waals surface area contributed by atoms with Gasteiger partial charge in [-0.15, -0.1) is 0 Å². The second kappa shape index (κ2) is 3.85. The van der Waals surface area contributed by atoms with Crippen molar-refractivity contribution in [2.75, 3.05) is 9.80 Å². The number of carbonyl (C=O) groups is 1. The summed E-state index contributed by atoms with van der Waals surface area (Å²) in [5, 5.41) is 0. The molecule has 20 heavy (non-hydrogen) atoms. The number of carbonyl (C=O) groups excluding carboxylic acids is 1. The Hall–Kier alpha value is -2.29. The van der Waals surface area contributed by atoms with Crippen molar-refractivity contribution < 1.29 is 4.79 Å². The molecule has 4 rings (SSSR count). The van der Waals surface area contributed by atoms with Gasteiger partial charge in [0.25, 0.3) is 0 Å². The van der Waals surface area contributed by atoms with E-state index >= 15 is 0 Å². The number of rotatable bonds is 1. The van der Waals surface area contributed by atoms with E-state index < -0.39 is 0 Å². The predicted octanol–water partition coefficient (Wildman–Crippen LogP) is 3.68. The van der Waals surface area contributed by atoms with Gasteiger partial charge >= 0.3 is 0 Å². The molecule has 0 aliphatic carbocycles. The largest absolute Gasteiger partial charge is 0.316 e. The lowest BCUT2D eigenvalue weighted by atomic mass is 10.1. The highest BCUT2D eigenvalue weighted by Gasteiger charge is 2.53. The molecule has 3 nitrogen and oxygen atoms in total. The first kappa shape index (κ1) is 11.5. The quantitative estimate of drug-likeness (QED) is 0.784. The van der Waals surface area contributed by atoms with Crippen LogP contribution in [0.25, 0.3) is 0 Å². The molecule has 0 radical (unpaired) electrons. The van der Waals surface area contributed by atoms with Crippen molar-refractivity contribution in [1.29, 1.82) is 0 Å². The van der Waals surface area contributed by atoms with Gasteiger partial charge in [-0.05, 0) is 37.6 Å². The SMILES string of the molecule is CC12CCC(=O)N1c1ccccc1N2c1ccccc1. The molecule has 1 unspecified atom stereocenters. The van der Waals surface area contributed by atoms with Crippen molar-refractivity contribution in [3.63, 3.8) is 0 Å². The number of fused-ring (bicyclic) bond motifs is 3. The van der Waals surface area contributed by atoms with Gasteiger partial charge in [-0.2, -0.15) is 0 Å². The minimum Gasteiger partial charge on any atom is -0.316 e. The number of benzene rings is 2. The molecule has 0 aromatic heterocycles. The number of anilines is 3. The summed E-state index contributed by atoms with van der Waals surface area (Å²) in [5.41, 5.74) is 3.01. The first-order chi connectivity index (χ1) is 9.72. The molecule has 2 heterocycles. The van der Waals surface area contributed by atoms with E-state index in [-0.39, 0.29) is 11.6 Å². The van der Waals surface area contributed by atoms with E-state index in [1.807, 2.05) is 41.3 Å². The Balaban J connectivity index is 1.96. The lowest BCUT2D eigenvalue weighted by Gasteiger charge is -2.37. The van der Waals surface area contributed by atoms with Gasteiger partial charge in [0.2, 0.25) is 5.91 Å². The summed E-state index contributed by atoms with van der Waals surface area (Å²) in [4.78, 5) is 16.6. The average Bonchev–Trinajstić information content (AvgIpc) is 2.91. The Labute approximate surface area is 118 Å². The smallest absolute Gasteiger partial charge is 0.229 e. The van der Waals surface area contributed by atoms with Gasteiger partial charge in [0.05, 0.1) is 11.4 Å². The van der Waals surface area contributed by atoms with Crippen LogP contribution in [0.2, 0.25) is 0 Å². The first-order valence-corrected chi connectivity index (χ1v) is 6.99. The Morgan fingerprint density at radius 2 is 1.50 bits per heavy atom. The van der Waals surface area contributed by atoms with Crippen molar-refractivity contribution in [1.82, 2.24) is 0 Å². The summed E-state index contributed by atoms with van der Waals surface area (Å²) in [5.74, 6) is 0.221. The van der Waals surface area contributed by atoms with Crippen LogP contribution in [0.15, 0.2) is 54.6 Å². The molecule has 2 aromatic rings. The van der Waals surface area contributed by atoms with Gasteiger partial charge in [-0.25, -0.2) is 0 Å². The second-order valence-corrected chi connectivity index (χ2v) is 5.61. The topological polar surface area (TPSA) is 23.6 Å². The number of nitrogens with zero attached hydrogens (tertiary/aromatic N) is 2. The zero-order valence-corrected chi connectivity index (χ0v) is 11.4. The maximum atomic E-state index is 12.3. The molecule has 0 saturated carbocycles.